The first-order valence-electron chi connectivity index (χ1n) is 35.1. The average Bonchev–Trinajstić information content (AvgIpc) is 1.58. The fourth-order valence-corrected chi connectivity index (χ4v) is 19.2. The fraction of sp³-hybridized carbons (Fsp3) is 0. The molecule has 13 aromatic carbocycles. The van der Waals surface area contributed by atoms with Gasteiger partial charge in [0.1, 0.15) is 0 Å². The first-order chi connectivity index (χ1) is 52.5. The molecule has 0 aliphatic carbocycles. The van der Waals surface area contributed by atoms with Gasteiger partial charge in [-0.15, -0.1) is 45.3 Å². The van der Waals surface area contributed by atoms with Gasteiger partial charge in [0.2, 0.25) is 0 Å². The van der Waals surface area contributed by atoms with Crippen molar-refractivity contribution in [3.05, 3.63) is 352 Å². The monoisotopic (exact) mass is 1430 g/mol. The second-order valence-corrected chi connectivity index (χ2v) is 30.7. The number of aromatic nitrogens is 8. The number of benzene rings is 13. The molecular formula is C94H58N8S4. The lowest BCUT2D eigenvalue weighted by molar-refractivity contribution is 1.08. The molecule has 0 saturated carbocycles. The maximum atomic E-state index is 5.00. The zero-order chi connectivity index (χ0) is 70.0. The maximum absolute atomic E-state index is 5.00. The van der Waals surface area contributed by atoms with E-state index in [-0.39, 0.29) is 0 Å². The highest BCUT2D eigenvalue weighted by Crippen LogP contribution is 2.49. The normalized spacial score (nSPS) is 11.6. The van der Waals surface area contributed by atoms with E-state index >= 15 is 0 Å². The molecule has 8 nitrogen and oxygen atoms in total. The highest BCUT2D eigenvalue weighted by atomic mass is 32.2. The number of nitrogens with zero attached hydrogens (tertiary/aromatic N) is 8. The van der Waals surface area contributed by atoms with Crippen molar-refractivity contribution in [2.75, 3.05) is 0 Å². The van der Waals surface area contributed by atoms with Crippen LogP contribution in [0.15, 0.2) is 352 Å². The predicted octanol–water partition coefficient (Wildman–Crippen LogP) is 26.3. The van der Waals surface area contributed by atoms with Gasteiger partial charge >= 0.3 is 0 Å². The zero-order valence-corrected chi connectivity index (χ0v) is 60.0. The van der Waals surface area contributed by atoms with Crippen molar-refractivity contribution in [1.29, 1.82) is 0 Å². The summed E-state index contributed by atoms with van der Waals surface area (Å²) in [4.78, 5) is 34.3. The van der Waals surface area contributed by atoms with Crippen molar-refractivity contribution in [2.45, 2.75) is 0 Å². The highest BCUT2D eigenvalue weighted by molar-refractivity contribution is 7.41. The summed E-state index contributed by atoms with van der Waals surface area (Å²) in [5.74, 6) is 4.08. The van der Waals surface area contributed by atoms with Crippen LogP contribution in [0.25, 0.3) is 195 Å². The minimum atomic E-state index is 0.672. The summed E-state index contributed by atoms with van der Waals surface area (Å²) in [6.45, 7) is 0. The summed E-state index contributed by atoms with van der Waals surface area (Å²) in [6.07, 6.45) is 0. The molecule has 0 aliphatic rings. The van der Waals surface area contributed by atoms with Crippen LogP contribution in [0.3, 0.4) is 0 Å². The molecule has 498 valence electrons. The summed E-state index contributed by atoms with van der Waals surface area (Å²) in [7, 11) is 0. The van der Waals surface area contributed by atoms with Crippen LogP contribution >= 0.6 is 45.3 Å². The van der Waals surface area contributed by atoms with E-state index in [1.54, 1.807) is 22.7 Å². The van der Waals surface area contributed by atoms with Crippen LogP contribution in [0, 0.1) is 0 Å². The lowest BCUT2D eigenvalue weighted by Gasteiger charge is -2.08. The molecule has 0 spiro atoms. The third-order valence-corrected chi connectivity index (χ3v) is 24.2. The quantitative estimate of drug-likeness (QED) is 0.121. The zero-order valence-electron chi connectivity index (χ0n) is 56.7. The lowest BCUT2D eigenvalue weighted by atomic mass is 10.0. The van der Waals surface area contributed by atoms with E-state index in [0.29, 0.717) is 34.9 Å². The van der Waals surface area contributed by atoms with E-state index in [9.17, 15) is 0 Å². The van der Waals surface area contributed by atoms with Crippen molar-refractivity contribution in [1.82, 2.24) is 39.0 Å². The smallest absolute Gasteiger partial charge is 0.174 e. The topological polar surface area (TPSA) is 87.2 Å². The summed E-state index contributed by atoms with van der Waals surface area (Å²) in [5.41, 5.74) is 18.3. The van der Waals surface area contributed by atoms with Gasteiger partial charge in [-0.1, -0.05) is 255 Å². The summed E-state index contributed by atoms with van der Waals surface area (Å²) < 4.78 is 8.51. The van der Waals surface area contributed by atoms with Gasteiger partial charge in [0.15, 0.2) is 34.9 Å². The van der Waals surface area contributed by atoms with E-state index in [1.807, 2.05) is 144 Å². The van der Waals surface area contributed by atoms with Crippen molar-refractivity contribution >= 4 is 119 Å². The van der Waals surface area contributed by atoms with E-state index in [1.165, 1.54) is 116 Å². The third kappa shape index (κ3) is 11.5. The van der Waals surface area contributed by atoms with Crippen molar-refractivity contribution in [2.24, 2.45) is 0 Å². The van der Waals surface area contributed by atoms with Gasteiger partial charge in [-0.2, -0.15) is 0 Å². The summed E-state index contributed by atoms with van der Waals surface area (Å²) >= 11 is 7.16. The molecule has 8 heterocycles. The van der Waals surface area contributed by atoms with Gasteiger partial charge < -0.3 is 9.13 Å². The summed E-state index contributed by atoms with van der Waals surface area (Å²) in [5, 5.41) is 8.66. The van der Waals surface area contributed by atoms with Crippen LogP contribution in [0.1, 0.15) is 0 Å². The van der Waals surface area contributed by atoms with Gasteiger partial charge in [0.25, 0.3) is 0 Å². The molecule has 12 heteroatoms. The SMILES string of the molecule is c1ccc(-c2ccc3c(c2)c2c(-c4cc5cc(-c6nc(-c7ccccc7)nc(-c7ccccc7)n6)sc5s4)cccc2n3-c2ccccc2)cc1.c1ccc(-c2ccc3c(c2)c2c(-c4cc5cc6sc(-c7nc(-c8ccccc8)nc(-c8ccccc8)n7)cc6cc5s4)cccc2n3-c2ccccc2)cc1. The first-order valence-corrected chi connectivity index (χ1v) is 38.4. The van der Waals surface area contributed by atoms with Gasteiger partial charge in [0.05, 0.1) is 35.8 Å². The maximum Gasteiger partial charge on any atom is 0.174 e. The van der Waals surface area contributed by atoms with Crippen LogP contribution in [0.2, 0.25) is 0 Å². The minimum Gasteiger partial charge on any atom is -0.309 e. The number of hydrogen-bond donors (Lipinski definition) is 0. The first kappa shape index (κ1) is 62.8. The number of thiophene rings is 4. The molecule has 0 N–H and O–H groups in total. The Balaban J connectivity index is 0.000000141. The minimum absolute atomic E-state index is 0.672. The Labute approximate surface area is 626 Å². The Hall–Kier alpha value is -12.9. The number of hydrogen-bond acceptors (Lipinski definition) is 10. The van der Waals surface area contributed by atoms with Gasteiger partial charge in [-0.3, -0.25) is 0 Å². The molecule has 0 bridgehead atoms. The molecule has 0 atom stereocenters. The molecule has 0 unspecified atom stereocenters. The Kier molecular flexibility index (Phi) is 15.8. The van der Waals surface area contributed by atoms with Crippen LogP contribution in [0.4, 0.5) is 0 Å². The van der Waals surface area contributed by atoms with Gasteiger partial charge in [-0.05, 0) is 130 Å². The molecule has 0 fully saturated rings. The second kappa shape index (κ2) is 26.7. The molecule has 0 amide bonds. The van der Waals surface area contributed by atoms with E-state index in [2.05, 4.69) is 240 Å². The molecule has 8 aromatic heterocycles. The Morgan fingerprint density at radius 1 is 0.208 bits per heavy atom. The molecule has 21 aromatic rings. The van der Waals surface area contributed by atoms with E-state index < -0.39 is 0 Å². The van der Waals surface area contributed by atoms with Crippen molar-refractivity contribution in [3.8, 4) is 121 Å². The van der Waals surface area contributed by atoms with Gasteiger partial charge in [-0.25, -0.2) is 29.9 Å². The van der Waals surface area contributed by atoms with Crippen molar-refractivity contribution < 1.29 is 0 Å². The average molecular weight is 1430 g/mol. The van der Waals surface area contributed by atoms with Crippen molar-refractivity contribution in [3.63, 3.8) is 0 Å². The largest absolute Gasteiger partial charge is 0.309 e. The fourth-order valence-electron chi connectivity index (χ4n) is 14.6. The number of fused-ring (bicyclic) bond motifs is 9. The molecular weight excluding hydrogens is 1370 g/mol. The summed E-state index contributed by atoms with van der Waals surface area (Å²) in [6, 6.07) is 124. The molecule has 21 rings (SSSR count). The third-order valence-electron chi connectivity index (χ3n) is 19.6. The van der Waals surface area contributed by atoms with Crippen LogP contribution in [-0.4, -0.2) is 39.0 Å². The van der Waals surface area contributed by atoms with Crippen LogP contribution < -0.4 is 0 Å². The highest BCUT2D eigenvalue weighted by Gasteiger charge is 2.24. The Morgan fingerprint density at radius 2 is 0.519 bits per heavy atom. The Bertz CT molecular complexity index is 6650. The molecule has 0 radical (unpaired) electrons. The lowest BCUT2D eigenvalue weighted by Crippen LogP contribution is -1.99. The van der Waals surface area contributed by atoms with Crippen LogP contribution in [0.5, 0.6) is 0 Å². The van der Waals surface area contributed by atoms with E-state index in [4.69, 9.17) is 29.9 Å². The standard InChI is InChI=1S/C49H30N4S2.C45H28N4S2/c1-5-14-31(15-6-1)34-24-25-40-39(26-34)46-38(22-13-23-41(46)53(40)37-20-11-4-12-21-37)44-29-35-27-43-36(28-42(35)54-44)30-45(55-43)49-51-47(32-16-7-2-8-17-32)50-48(52-49)33-18-9-3-10-19-33;1-5-14-29(15-6-1)32-24-25-37-36(26-32)41-35(22-13-23-38(41)49(37)34-20-11-4-12-21-34)39-27-33-28-40(51-45(33)50-39)44-47-42(30-16-7-2-8-17-30)46-43(48-44)31-18-9-3-10-19-31/h1-30H;1-28H. The number of para-hydroxylation sites is 2. The molecule has 0 saturated heterocycles. The van der Waals surface area contributed by atoms with Gasteiger partial charge in [0, 0.05) is 90.8 Å². The second-order valence-electron chi connectivity index (χ2n) is 26.1. The molecule has 0 aliphatic heterocycles. The molecule has 106 heavy (non-hydrogen) atoms. The van der Waals surface area contributed by atoms with E-state index in [0.717, 1.165) is 43.4 Å². The van der Waals surface area contributed by atoms with Crippen LogP contribution in [-0.2, 0) is 0 Å². The number of rotatable bonds is 12. The Morgan fingerprint density at radius 3 is 0.915 bits per heavy atom. The predicted molar refractivity (Wildman–Crippen MR) is 447 cm³/mol.